The van der Waals surface area contributed by atoms with E-state index >= 15 is 0 Å². The molecular formula is C15H24BrNO2. The van der Waals surface area contributed by atoms with Crippen molar-refractivity contribution in [2.75, 3.05) is 33.9 Å². The molecule has 0 aromatic heterocycles. The first-order valence-corrected chi connectivity index (χ1v) is 7.48. The number of rotatable bonds is 9. The van der Waals surface area contributed by atoms with Crippen molar-refractivity contribution in [2.45, 2.75) is 19.8 Å². The summed E-state index contributed by atoms with van der Waals surface area (Å²) < 4.78 is 11.5. The Labute approximate surface area is 124 Å². The first kappa shape index (κ1) is 16.5. The number of halogens is 1. The average molecular weight is 330 g/mol. The molecule has 19 heavy (non-hydrogen) atoms. The van der Waals surface area contributed by atoms with E-state index in [-0.39, 0.29) is 0 Å². The van der Waals surface area contributed by atoms with Gasteiger partial charge in [0.15, 0.2) is 0 Å². The van der Waals surface area contributed by atoms with Gasteiger partial charge in [0.05, 0.1) is 13.7 Å². The summed E-state index contributed by atoms with van der Waals surface area (Å²) in [5.41, 5.74) is 1.26. The molecule has 0 fully saturated rings. The van der Waals surface area contributed by atoms with Crippen LogP contribution < -0.4 is 10.1 Å². The van der Waals surface area contributed by atoms with Gasteiger partial charge in [-0.05, 0) is 49.1 Å². The van der Waals surface area contributed by atoms with Gasteiger partial charge in [-0.1, -0.05) is 22.9 Å². The molecule has 1 rings (SSSR count). The van der Waals surface area contributed by atoms with Crippen LogP contribution in [0.15, 0.2) is 22.7 Å². The number of ether oxygens (including phenoxy) is 2. The Morgan fingerprint density at radius 2 is 2.11 bits per heavy atom. The topological polar surface area (TPSA) is 30.5 Å². The molecule has 0 aliphatic heterocycles. The van der Waals surface area contributed by atoms with Crippen LogP contribution in [0.3, 0.4) is 0 Å². The Morgan fingerprint density at radius 3 is 2.79 bits per heavy atom. The molecule has 1 atom stereocenters. The van der Waals surface area contributed by atoms with Crippen LogP contribution in [0.25, 0.3) is 0 Å². The molecule has 1 unspecified atom stereocenters. The molecule has 1 aromatic carbocycles. The van der Waals surface area contributed by atoms with Gasteiger partial charge in [0, 0.05) is 18.1 Å². The maximum atomic E-state index is 5.39. The Morgan fingerprint density at radius 1 is 1.32 bits per heavy atom. The number of benzene rings is 1. The Kier molecular flexibility index (Phi) is 8.10. The molecule has 0 saturated heterocycles. The normalized spacial score (nSPS) is 12.4. The van der Waals surface area contributed by atoms with Crippen molar-refractivity contribution in [3.05, 3.63) is 28.2 Å². The van der Waals surface area contributed by atoms with E-state index in [4.69, 9.17) is 9.47 Å². The van der Waals surface area contributed by atoms with Gasteiger partial charge in [0.25, 0.3) is 0 Å². The minimum Gasteiger partial charge on any atom is -0.496 e. The van der Waals surface area contributed by atoms with Crippen LogP contribution in [0.2, 0.25) is 0 Å². The molecular weight excluding hydrogens is 306 g/mol. The fourth-order valence-corrected chi connectivity index (χ4v) is 2.38. The molecule has 0 aliphatic rings. The van der Waals surface area contributed by atoms with E-state index in [0.29, 0.717) is 5.92 Å². The van der Waals surface area contributed by atoms with Crippen molar-refractivity contribution in [1.82, 2.24) is 5.32 Å². The van der Waals surface area contributed by atoms with E-state index in [1.165, 1.54) is 5.56 Å². The van der Waals surface area contributed by atoms with E-state index in [1.54, 1.807) is 14.2 Å². The summed E-state index contributed by atoms with van der Waals surface area (Å²) in [7, 11) is 3.45. The van der Waals surface area contributed by atoms with Gasteiger partial charge in [-0.2, -0.15) is 0 Å². The predicted molar refractivity (Wildman–Crippen MR) is 82.9 cm³/mol. The fourth-order valence-electron chi connectivity index (χ4n) is 1.97. The zero-order chi connectivity index (χ0) is 14.1. The predicted octanol–water partition coefficient (Wildman–Crippen LogP) is 3.26. The maximum absolute atomic E-state index is 5.39. The van der Waals surface area contributed by atoms with Crippen molar-refractivity contribution in [3.63, 3.8) is 0 Å². The highest BCUT2D eigenvalue weighted by atomic mass is 79.9. The van der Waals surface area contributed by atoms with Crippen LogP contribution in [-0.2, 0) is 11.2 Å². The third-order valence-corrected chi connectivity index (χ3v) is 3.62. The smallest absolute Gasteiger partial charge is 0.122 e. The lowest BCUT2D eigenvalue weighted by atomic mass is 10.0. The molecule has 4 heteroatoms. The van der Waals surface area contributed by atoms with Crippen LogP contribution in [0.1, 0.15) is 18.9 Å². The molecule has 1 N–H and O–H groups in total. The van der Waals surface area contributed by atoms with E-state index in [9.17, 15) is 0 Å². The van der Waals surface area contributed by atoms with Crippen molar-refractivity contribution < 1.29 is 9.47 Å². The van der Waals surface area contributed by atoms with Gasteiger partial charge in [0.1, 0.15) is 5.75 Å². The molecule has 0 spiro atoms. The van der Waals surface area contributed by atoms with Crippen molar-refractivity contribution in [2.24, 2.45) is 5.92 Å². The first-order valence-electron chi connectivity index (χ1n) is 6.69. The quantitative estimate of drug-likeness (QED) is 0.705. The maximum Gasteiger partial charge on any atom is 0.122 e. The summed E-state index contributed by atoms with van der Waals surface area (Å²) in [4.78, 5) is 0. The lowest BCUT2D eigenvalue weighted by Crippen LogP contribution is -2.25. The first-order chi connectivity index (χ1) is 9.17. The van der Waals surface area contributed by atoms with Gasteiger partial charge in [0.2, 0.25) is 0 Å². The fraction of sp³-hybridized carbons (Fsp3) is 0.600. The van der Waals surface area contributed by atoms with Crippen LogP contribution in [-0.4, -0.2) is 33.9 Å². The summed E-state index contributed by atoms with van der Waals surface area (Å²) in [5.74, 6) is 1.61. The van der Waals surface area contributed by atoms with Crippen LogP contribution in [0.5, 0.6) is 5.75 Å². The third-order valence-electron chi connectivity index (χ3n) is 3.12. The highest BCUT2D eigenvalue weighted by Gasteiger charge is 2.07. The Hall–Kier alpha value is -0.580. The van der Waals surface area contributed by atoms with Gasteiger partial charge >= 0.3 is 0 Å². The molecule has 0 saturated carbocycles. The van der Waals surface area contributed by atoms with E-state index in [2.05, 4.69) is 34.2 Å². The molecule has 108 valence electrons. The van der Waals surface area contributed by atoms with Crippen LogP contribution >= 0.6 is 15.9 Å². The second-order valence-electron chi connectivity index (χ2n) is 4.80. The number of methoxy groups -OCH3 is 2. The minimum atomic E-state index is 0.639. The Balaban J connectivity index is 2.36. The molecule has 1 aromatic rings. The van der Waals surface area contributed by atoms with Crippen LogP contribution in [0, 0.1) is 5.92 Å². The lowest BCUT2D eigenvalue weighted by Gasteiger charge is -2.14. The summed E-state index contributed by atoms with van der Waals surface area (Å²) in [6, 6.07) is 6.17. The van der Waals surface area contributed by atoms with E-state index in [0.717, 1.165) is 42.8 Å². The zero-order valence-corrected chi connectivity index (χ0v) is 13.6. The minimum absolute atomic E-state index is 0.639. The van der Waals surface area contributed by atoms with Crippen molar-refractivity contribution in [3.8, 4) is 5.75 Å². The van der Waals surface area contributed by atoms with Gasteiger partial charge in [-0.25, -0.2) is 0 Å². The standard InChI is InChI=1S/C15H24BrNO2/c1-12(11-17-8-9-18-2)4-5-13-10-14(16)6-7-15(13)19-3/h6-7,10,12,17H,4-5,8-9,11H2,1-3H3. The molecule has 0 aliphatic carbocycles. The number of hydrogen-bond acceptors (Lipinski definition) is 3. The third kappa shape index (κ3) is 6.41. The zero-order valence-electron chi connectivity index (χ0n) is 12.0. The number of aryl methyl sites for hydroxylation is 1. The summed E-state index contributed by atoms with van der Waals surface area (Å²) >= 11 is 3.51. The SMILES string of the molecule is COCCNCC(C)CCc1cc(Br)ccc1OC. The van der Waals surface area contributed by atoms with Gasteiger partial charge < -0.3 is 14.8 Å². The van der Waals surface area contributed by atoms with Crippen LogP contribution in [0.4, 0.5) is 0 Å². The highest BCUT2D eigenvalue weighted by molar-refractivity contribution is 9.10. The van der Waals surface area contributed by atoms with Gasteiger partial charge in [-0.3, -0.25) is 0 Å². The summed E-state index contributed by atoms with van der Waals surface area (Å²) in [6.45, 7) is 4.98. The highest BCUT2D eigenvalue weighted by Crippen LogP contribution is 2.25. The van der Waals surface area contributed by atoms with E-state index in [1.807, 2.05) is 12.1 Å². The summed E-state index contributed by atoms with van der Waals surface area (Å²) in [6.07, 6.45) is 2.18. The van der Waals surface area contributed by atoms with Crippen molar-refractivity contribution >= 4 is 15.9 Å². The molecule has 3 nitrogen and oxygen atoms in total. The largest absolute Gasteiger partial charge is 0.496 e. The summed E-state index contributed by atoms with van der Waals surface area (Å²) in [5, 5.41) is 3.40. The number of nitrogens with one attached hydrogen (secondary N) is 1. The molecule has 0 amide bonds. The second-order valence-corrected chi connectivity index (χ2v) is 5.71. The monoisotopic (exact) mass is 329 g/mol. The average Bonchev–Trinajstić information content (AvgIpc) is 2.41. The molecule has 0 bridgehead atoms. The second kappa shape index (κ2) is 9.34. The van der Waals surface area contributed by atoms with E-state index < -0.39 is 0 Å². The Bertz CT molecular complexity index is 371. The van der Waals surface area contributed by atoms with Gasteiger partial charge in [-0.15, -0.1) is 0 Å². The molecule has 0 radical (unpaired) electrons. The van der Waals surface area contributed by atoms with Crippen molar-refractivity contribution in [1.29, 1.82) is 0 Å². The lowest BCUT2D eigenvalue weighted by molar-refractivity contribution is 0.198. The number of hydrogen-bond donors (Lipinski definition) is 1. The molecule has 0 heterocycles.